The zero-order valence-electron chi connectivity index (χ0n) is 11.7. The Morgan fingerprint density at radius 2 is 2.32 bits per heavy atom. The second kappa shape index (κ2) is 8.40. The van der Waals surface area contributed by atoms with Gasteiger partial charge in [0, 0.05) is 31.6 Å². The van der Waals surface area contributed by atoms with Crippen LogP contribution >= 0.6 is 22.9 Å². The number of thiophene rings is 1. The minimum atomic E-state index is 0.160. The van der Waals surface area contributed by atoms with Gasteiger partial charge in [-0.1, -0.05) is 18.5 Å². The highest BCUT2D eigenvalue weighted by atomic mass is 35.5. The summed E-state index contributed by atoms with van der Waals surface area (Å²) in [5.74, 6) is 1.03. The molecule has 1 aromatic rings. The van der Waals surface area contributed by atoms with Crippen molar-refractivity contribution >= 4 is 28.9 Å². The summed E-state index contributed by atoms with van der Waals surface area (Å²) in [7, 11) is 2.00. The fraction of sp³-hybridized carbons (Fsp3) is 0.615. The summed E-state index contributed by atoms with van der Waals surface area (Å²) < 4.78 is 0.805. The van der Waals surface area contributed by atoms with E-state index < -0.39 is 0 Å². The Balaban J connectivity index is 2.63. The molecule has 0 aliphatic rings. The van der Waals surface area contributed by atoms with Crippen LogP contribution in [0.5, 0.6) is 0 Å². The fourth-order valence-corrected chi connectivity index (χ4v) is 2.66. The molecule has 2 N–H and O–H groups in total. The van der Waals surface area contributed by atoms with Gasteiger partial charge in [-0.2, -0.15) is 0 Å². The molecule has 0 saturated heterocycles. The number of guanidine groups is 1. The molecule has 0 aromatic carbocycles. The van der Waals surface area contributed by atoms with Crippen LogP contribution in [-0.2, 0) is 6.54 Å². The maximum absolute atomic E-state index is 9.04. The number of halogens is 1. The van der Waals surface area contributed by atoms with Crippen molar-refractivity contribution in [3.63, 3.8) is 0 Å². The van der Waals surface area contributed by atoms with E-state index in [4.69, 9.17) is 16.7 Å². The molecule has 19 heavy (non-hydrogen) atoms. The number of nitrogens with one attached hydrogen (secondary N) is 1. The average Bonchev–Trinajstić information content (AvgIpc) is 2.79. The summed E-state index contributed by atoms with van der Waals surface area (Å²) in [6, 6.07) is 3.94. The van der Waals surface area contributed by atoms with Gasteiger partial charge in [0.2, 0.25) is 0 Å². The summed E-state index contributed by atoms with van der Waals surface area (Å²) in [5.41, 5.74) is 0. The summed E-state index contributed by atoms with van der Waals surface area (Å²) in [6.45, 7) is 6.40. The van der Waals surface area contributed by atoms with E-state index in [0.717, 1.165) is 23.4 Å². The van der Waals surface area contributed by atoms with Gasteiger partial charge in [0.05, 0.1) is 10.9 Å². The molecule has 0 radical (unpaired) electrons. The first-order chi connectivity index (χ1) is 9.06. The number of aliphatic imine (C=N–C) groups is 1. The van der Waals surface area contributed by atoms with E-state index >= 15 is 0 Å². The Hall–Kier alpha value is -0.780. The van der Waals surface area contributed by atoms with Crippen LogP contribution in [0.2, 0.25) is 4.34 Å². The van der Waals surface area contributed by atoms with Crippen LogP contribution in [0.25, 0.3) is 0 Å². The van der Waals surface area contributed by atoms with E-state index in [1.165, 1.54) is 4.88 Å². The Morgan fingerprint density at radius 3 is 2.84 bits per heavy atom. The number of aliphatic hydroxyl groups excluding tert-OH is 1. The minimum absolute atomic E-state index is 0.160. The van der Waals surface area contributed by atoms with Gasteiger partial charge in [-0.05, 0) is 25.0 Å². The lowest BCUT2D eigenvalue weighted by Crippen LogP contribution is -2.38. The number of hydrogen-bond donors (Lipinski definition) is 2. The third-order valence-electron chi connectivity index (χ3n) is 2.58. The highest BCUT2D eigenvalue weighted by Gasteiger charge is 2.09. The molecule has 1 atom stereocenters. The third kappa shape index (κ3) is 5.80. The lowest BCUT2D eigenvalue weighted by molar-refractivity contribution is 0.241. The van der Waals surface area contributed by atoms with Crippen LogP contribution in [0.15, 0.2) is 17.1 Å². The van der Waals surface area contributed by atoms with Crippen molar-refractivity contribution in [1.29, 1.82) is 0 Å². The molecule has 1 unspecified atom stereocenters. The van der Waals surface area contributed by atoms with E-state index in [1.807, 2.05) is 33.0 Å². The van der Waals surface area contributed by atoms with Crippen molar-refractivity contribution in [2.45, 2.75) is 20.4 Å². The minimum Gasteiger partial charge on any atom is -0.396 e. The molecule has 0 amide bonds. The molecule has 0 fully saturated rings. The zero-order valence-corrected chi connectivity index (χ0v) is 13.3. The average molecular weight is 304 g/mol. The second-order valence-electron chi connectivity index (χ2n) is 4.54. The molecule has 0 aliphatic carbocycles. The lowest BCUT2D eigenvalue weighted by atomic mass is 10.2. The van der Waals surface area contributed by atoms with Crippen LogP contribution < -0.4 is 5.32 Å². The zero-order chi connectivity index (χ0) is 14.3. The molecule has 4 nitrogen and oxygen atoms in total. The number of rotatable bonds is 6. The van der Waals surface area contributed by atoms with Crippen molar-refractivity contribution in [2.24, 2.45) is 10.9 Å². The normalized spacial score (nSPS) is 13.4. The van der Waals surface area contributed by atoms with Gasteiger partial charge in [0.1, 0.15) is 0 Å². The molecular weight excluding hydrogens is 282 g/mol. The Kier molecular flexibility index (Phi) is 7.20. The molecule has 0 bridgehead atoms. The molecule has 108 valence electrons. The van der Waals surface area contributed by atoms with Crippen molar-refractivity contribution in [3.05, 3.63) is 21.3 Å². The molecule has 1 aromatic heterocycles. The maximum Gasteiger partial charge on any atom is 0.193 e. The molecule has 6 heteroatoms. The fourth-order valence-electron chi connectivity index (χ4n) is 1.52. The Morgan fingerprint density at radius 1 is 1.58 bits per heavy atom. The van der Waals surface area contributed by atoms with E-state index in [2.05, 4.69) is 15.2 Å². The number of nitrogens with zero attached hydrogens (tertiary/aromatic N) is 2. The third-order valence-corrected chi connectivity index (χ3v) is 3.80. The first kappa shape index (κ1) is 16.3. The molecule has 0 spiro atoms. The van der Waals surface area contributed by atoms with Gasteiger partial charge >= 0.3 is 0 Å². The molecule has 0 saturated carbocycles. The van der Waals surface area contributed by atoms with Gasteiger partial charge in [0.15, 0.2) is 5.96 Å². The van der Waals surface area contributed by atoms with E-state index in [-0.39, 0.29) is 12.5 Å². The van der Waals surface area contributed by atoms with Gasteiger partial charge < -0.3 is 15.3 Å². The van der Waals surface area contributed by atoms with Crippen LogP contribution in [0, 0.1) is 5.92 Å². The van der Waals surface area contributed by atoms with E-state index in [9.17, 15) is 0 Å². The largest absolute Gasteiger partial charge is 0.396 e. The van der Waals surface area contributed by atoms with Crippen LogP contribution in [-0.4, -0.2) is 42.7 Å². The smallest absolute Gasteiger partial charge is 0.193 e. The number of aliphatic hydroxyl groups is 1. The highest BCUT2D eigenvalue weighted by Crippen LogP contribution is 2.22. The Bertz CT molecular complexity index is 408. The lowest BCUT2D eigenvalue weighted by Gasteiger charge is -2.21. The van der Waals surface area contributed by atoms with Gasteiger partial charge in [0.25, 0.3) is 0 Å². The predicted molar refractivity (Wildman–Crippen MR) is 83.0 cm³/mol. The van der Waals surface area contributed by atoms with Gasteiger partial charge in [-0.25, -0.2) is 0 Å². The van der Waals surface area contributed by atoms with E-state index in [1.54, 1.807) is 11.3 Å². The predicted octanol–water partition coefficient (Wildman–Crippen LogP) is 2.43. The molecule has 0 aliphatic heterocycles. The van der Waals surface area contributed by atoms with Crippen molar-refractivity contribution in [2.75, 3.05) is 26.7 Å². The number of hydrogen-bond acceptors (Lipinski definition) is 3. The molecular formula is C13H22ClN3OS. The van der Waals surface area contributed by atoms with Crippen molar-refractivity contribution in [3.8, 4) is 0 Å². The summed E-state index contributed by atoms with van der Waals surface area (Å²) >= 11 is 7.51. The second-order valence-corrected chi connectivity index (χ2v) is 6.34. The first-order valence-electron chi connectivity index (χ1n) is 6.41. The van der Waals surface area contributed by atoms with Crippen molar-refractivity contribution < 1.29 is 5.11 Å². The van der Waals surface area contributed by atoms with E-state index in [0.29, 0.717) is 6.54 Å². The van der Waals surface area contributed by atoms with Gasteiger partial charge in [-0.15, -0.1) is 11.3 Å². The van der Waals surface area contributed by atoms with Crippen LogP contribution in [0.1, 0.15) is 18.7 Å². The summed E-state index contributed by atoms with van der Waals surface area (Å²) in [4.78, 5) is 7.80. The first-order valence-corrected chi connectivity index (χ1v) is 7.60. The topological polar surface area (TPSA) is 47.9 Å². The summed E-state index contributed by atoms with van der Waals surface area (Å²) in [6.07, 6.45) is 0. The quantitative estimate of drug-likeness (QED) is 0.627. The molecule has 1 heterocycles. The standard InChI is InChI=1S/C13H22ClN3OS/c1-4-15-13(16-7-10(2)9-18)17(3)8-11-5-6-12(14)19-11/h5-6,10,18H,4,7-9H2,1-3H3,(H,15,16). The summed E-state index contributed by atoms with van der Waals surface area (Å²) in [5, 5.41) is 12.3. The highest BCUT2D eigenvalue weighted by molar-refractivity contribution is 7.16. The van der Waals surface area contributed by atoms with Crippen LogP contribution in [0.3, 0.4) is 0 Å². The van der Waals surface area contributed by atoms with Crippen LogP contribution in [0.4, 0.5) is 0 Å². The SMILES string of the molecule is CCNC(=NCC(C)CO)N(C)Cc1ccc(Cl)s1. The monoisotopic (exact) mass is 303 g/mol. The maximum atomic E-state index is 9.04. The van der Waals surface area contributed by atoms with Gasteiger partial charge in [-0.3, -0.25) is 4.99 Å². The van der Waals surface area contributed by atoms with Crippen molar-refractivity contribution in [1.82, 2.24) is 10.2 Å². The Labute approximate surface area is 124 Å². The molecule has 1 rings (SSSR count).